The average Bonchev–Trinajstić information content (AvgIpc) is 3.01. The molecule has 1 aromatic rings. The van der Waals surface area contributed by atoms with Gasteiger partial charge in [-0.15, -0.1) is 0 Å². The number of rotatable bonds is 5. The monoisotopic (exact) mass is 306 g/mol. The van der Waals surface area contributed by atoms with E-state index in [4.69, 9.17) is 0 Å². The second-order valence-electron chi connectivity index (χ2n) is 6.21. The first-order valence-electron chi connectivity index (χ1n) is 7.96. The minimum absolute atomic E-state index is 0.0611. The quantitative estimate of drug-likeness (QED) is 0.763. The van der Waals surface area contributed by atoms with Crippen molar-refractivity contribution in [2.45, 2.75) is 51.7 Å². The summed E-state index contributed by atoms with van der Waals surface area (Å²) < 4.78 is 0. The van der Waals surface area contributed by atoms with Crippen LogP contribution in [0, 0.1) is 0 Å². The molecular weight excluding hydrogens is 280 g/mol. The van der Waals surface area contributed by atoms with Crippen LogP contribution >= 0.6 is 0 Å². The van der Waals surface area contributed by atoms with Crippen LogP contribution < -0.4 is 10.6 Å². The molecule has 0 bridgehead atoms. The van der Waals surface area contributed by atoms with Crippen LogP contribution in [0.2, 0.25) is 0 Å². The van der Waals surface area contributed by atoms with Gasteiger partial charge in [-0.2, -0.15) is 0 Å². The summed E-state index contributed by atoms with van der Waals surface area (Å²) in [6, 6.07) is 3.79. The van der Waals surface area contributed by atoms with Gasteiger partial charge in [-0.25, -0.2) is 0 Å². The fourth-order valence-corrected chi connectivity index (χ4v) is 2.74. The summed E-state index contributed by atoms with van der Waals surface area (Å²) >= 11 is 0. The highest BCUT2D eigenvalue weighted by Gasteiger charge is 2.27. The van der Waals surface area contributed by atoms with E-state index in [1.807, 2.05) is 26.8 Å². The number of hydrogen-bond donors (Lipinski definition) is 3. The maximum Gasteiger partial charge on any atom is 0.267 e. The van der Waals surface area contributed by atoms with Crippen LogP contribution in [0.25, 0.3) is 0 Å². The average molecular weight is 306 g/mol. The Kier molecular flexibility index (Phi) is 5.60. The highest BCUT2D eigenvalue weighted by Crippen LogP contribution is 2.14. The zero-order valence-electron chi connectivity index (χ0n) is 13.6. The Morgan fingerprint density at radius 3 is 2.50 bits per heavy atom. The molecule has 0 saturated carbocycles. The van der Waals surface area contributed by atoms with Crippen LogP contribution in [-0.4, -0.2) is 52.9 Å². The van der Waals surface area contributed by atoms with Crippen molar-refractivity contribution in [1.82, 2.24) is 20.5 Å². The molecule has 2 heterocycles. The minimum atomic E-state index is -0.123. The molecule has 122 valence electrons. The summed E-state index contributed by atoms with van der Waals surface area (Å²) in [5.74, 6) is 0.0120. The summed E-state index contributed by atoms with van der Waals surface area (Å²) in [7, 11) is 0. The Hall–Kier alpha value is -1.82. The molecule has 2 amide bonds. The highest BCUT2D eigenvalue weighted by atomic mass is 16.2. The van der Waals surface area contributed by atoms with Crippen molar-refractivity contribution < 1.29 is 9.59 Å². The normalized spacial score (nSPS) is 18.2. The standard InChI is InChI=1S/C16H26N4O2/c1-11(2)18-15(21)12(3)20-9-6-13(7-10-20)19-16(22)14-5-4-8-17-14/h4-5,8,11-13,17H,6-7,9-10H2,1-3H3,(H,18,21)(H,19,22)/t12-/m0/s1. The van der Waals surface area contributed by atoms with Gasteiger partial charge in [0.15, 0.2) is 0 Å². The predicted molar refractivity (Wildman–Crippen MR) is 85.6 cm³/mol. The number of piperidine rings is 1. The van der Waals surface area contributed by atoms with Crippen LogP contribution in [0.5, 0.6) is 0 Å². The Morgan fingerprint density at radius 2 is 1.95 bits per heavy atom. The number of nitrogens with one attached hydrogen (secondary N) is 3. The van der Waals surface area contributed by atoms with Gasteiger partial charge >= 0.3 is 0 Å². The van der Waals surface area contributed by atoms with E-state index >= 15 is 0 Å². The Balaban J connectivity index is 1.78. The summed E-state index contributed by atoms with van der Waals surface area (Å²) in [6.45, 7) is 7.51. The molecule has 1 atom stereocenters. The third-order valence-electron chi connectivity index (χ3n) is 4.07. The number of aromatic amines is 1. The number of nitrogens with zero attached hydrogens (tertiary/aromatic N) is 1. The number of amides is 2. The maximum atomic E-state index is 12.0. The molecule has 0 aliphatic carbocycles. The van der Waals surface area contributed by atoms with Crippen LogP contribution in [0.4, 0.5) is 0 Å². The molecule has 1 aromatic heterocycles. The number of carbonyl (C=O) groups excluding carboxylic acids is 2. The number of aromatic nitrogens is 1. The van der Waals surface area contributed by atoms with Crippen LogP contribution in [0.3, 0.4) is 0 Å². The van der Waals surface area contributed by atoms with E-state index in [0.29, 0.717) is 5.69 Å². The van der Waals surface area contributed by atoms with E-state index in [1.165, 1.54) is 0 Å². The molecule has 22 heavy (non-hydrogen) atoms. The Morgan fingerprint density at radius 1 is 1.27 bits per heavy atom. The lowest BCUT2D eigenvalue weighted by atomic mass is 10.0. The van der Waals surface area contributed by atoms with Gasteiger partial charge in [0.05, 0.1) is 6.04 Å². The number of hydrogen-bond acceptors (Lipinski definition) is 3. The van der Waals surface area contributed by atoms with E-state index in [9.17, 15) is 9.59 Å². The minimum Gasteiger partial charge on any atom is -0.357 e. The number of carbonyl (C=O) groups is 2. The number of H-pyrrole nitrogens is 1. The smallest absolute Gasteiger partial charge is 0.267 e. The van der Waals surface area contributed by atoms with Gasteiger partial charge in [0.2, 0.25) is 5.91 Å². The first-order valence-corrected chi connectivity index (χ1v) is 7.96. The molecular formula is C16H26N4O2. The second kappa shape index (κ2) is 7.45. The Bertz CT molecular complexity index is 490. The molecule has 0 aromatic carbocycles. The Labute approximate surface area is 131 Å². The van der Waals surface area contributed by atoms with Crippen molar-refractivity contribution in [3.05, 3.63) is 24.0 Å². The molecule has 3 N–H and O–H groups in total. The van der Waals surface area contributed by atoms with Crippen molar-refractivity contribution in [1.29, 1.82) is 0 Å². The highest BCUT2D eigenvalue weighted by molar-refractivity contribution is 5.92. The zero-order valence-corrected chi connectivity index (χ0v) is 13.6. The van der Waals surface area contributed by atoms with Gasteiger partial charge in [0.25, 0.3) is 5.91 Å². The molecule has 6 nitrogen and oxygen atoms in total. The lowest BCUT2D eigenvalue weighted by molar-refractivity contribution is -0.126. The third kappa shape index (κ3) is 4.34. The lowest BCUT2D eigenvalue weighted by Gasteiger charge is -2.35. The molecule has 6 heteroatoms. The number of likely N-dealkylation sites (tertiary alicyclic amines) is 1. The van der Waals surface area contributed by atoms with E-state index in [1.54, 1.807) is 12.3 Å². The van der Waals surface area contributed by atoms with Crippen LogP contribution in [0.1, 0.15) is 44.1 Å². The summed E-state index contributed by atoms with van der Waals surface area (Å²) in [5.41, 5.74) is 0.590. The molecule has 2 rings (SSSR count). The third-order valence-corrected chi connectivity index (χ3v) is 4.07. The molecule has 0 radical (unpaired) electrons. The predicted octanol–water partition coefficient (Wildman–Crippen LogP) is 1.12. The van der Waals surface area contributed by atoms with Crippen molar-refractivity contribution in [3.8, 4) is 0 Å². The van der Waals surface area contributed by atoms with Gasteiger partial charge in [0.1, 0.15) is 5.69 Å². The van der Waals surface area contributed by atoms with E-state index < -0.39 is 0 Å². The molecule has 0 spiro atoms. The SMILES string of the molecule is CC(C)NC(=O)[C@H](C)N1CCC(NC(=O)c2ccc[nH]2)CC1. The molecule has 1 saturated heterocycles. The first kappa shape index (κ1) is 16.5. The van der Waals surface area contributed by atoms with Crippen molar-refractivity contribution in [2.75, 3.05) is 13.1 Å². The second-order valence-corrected chi connectivity index (χ2v) is 6.21. The summed E-state index contributed by atoms with van der Waals surface area (Å²) in [5, 5.41) is 5.99. The van der Waals surface area contributed by atoms with Gasteiger partial charge in [-0.1, -0.05) is 0 Å². The summed E-state index contributed by atoms with van der Waals surface area (Å²) in [6.07, 6.45) is 3.48. The molecule has 0 unspecified atom stereocenters. The zero-order chi connectivity index (χ0) is 16.1. The summed E-state index contributed by atoms with van der Waals surface area (Å²) in [4.78, 5) is 29.1. The van der Waals surface area contributed by atoms with Gasteiger partial charge in [-0.05, 0) is 45.7 Å². The van der Waals surface area contributed by atoms with Crippen LogP contribution in [-0.2, 0) is 4.79 Å². The van der Waals surface area contributed by atoms with Gasteiger partial charge < -0.3 is 15.6 Å². The van der Waals surface area contributed by atoms with E-state index in [2.05, 4.69) is 20.5 Å². The van der Waals surface area contributed by atoms with E-state index in [-0.39, 0.29) is 29.9 Å². The topological polar surface area (TPSA) is 77.2 Å². The van der Waals surface area contributed by atoms with Gasteiger partial charge in [-0.3, -0.25) is 14.5 Å². The first-order chi connectivity index (χ1) is 10.5. The van der Waals surface area contributed by atoms with Crippen molar-refractivity contribution in [2.24, 2.45) is 0 Å². The molecule has 1 aliphatic rings. The van der Waals surface area contributed by atoms with Gasteiger partial charge in [0, 0.05) is 31.4 Å². The fourth-order valence-electron chi connectivity index (χ4n) is 2.74. The van der Waals surface area contributed by atoms with E-state index in [0.717, 1.165) is 25.9 Å². The molecule has 1 aliphatic heterocycles. The lowest BCUT2D eigenvalue weighted by Crippen LogP contribution is -2.52. The maximum absolute atomic E-state index is 12.0. The van der Waals surface area contributed by atoms with Crippen molar-refractivity contribution >= 4 is 11.8 Å². The fraction of sp³-hybridized carbons (Fsp3) is 0.625. The van der Waals surface area contributed by atoms with Crippen molar-refractivity contribution in [3.63, 3.8) is 0 Å². The molecule has 1 fully saturated rings. The largest absolute Gasteiger partial charge is 0.357 e. The van der Waals surface area contributed by atoms with Crippen LogP contribution in [0.15, 0.2) is 18.3 Å².